The van der Waals surface area contributed by atoms with Crippen LogP contribution in [-0.4, -0.2) is 37.2 Å². The molecule has 0 saturated carbocycles. The van der Waals surface area contributed by atoms with E-state index < -0.39 is 6.10 Å². The Morgan fingerprint density at radius 2 is 0.638 bits per heavy atom. The lowest BCUT2D eigenvalue weighted by Gasteiger charge is -2.18. The highest BCUT2D eigenvalue weighted by atomic mass is 16.6. The first kappa shape index (κ1) is 65.3. The second-order valence-corrected chi connectivity index (χ2v) is 18.9. The van der Waals surface area contributed by atoms with Crippen molar-refractivity contribution in [2.75, 3.05) is 13.2 Å². The van der Waals surface area contributed by atoms with E-state index in [1.54, 1.807) is 0 Å². The van der Waals surface area contributed by atoms with Gasteiger partial charge in [0.25, 0.3) is 0 Å². The lowest BCUT2D eigenvalue weighted by atomic mass is 10.1. The van der Waals surface area contributed by atoms with Gasteiger partial charge in [-0.15, -0.1) is 0 Å². The molecule has 0 N–H and O–H groups in total. The Bertz CT molecular complexity index is 1380. The number of hydrogen-bond acceptors (Lipinski definition) is 6. The van der Waals surface area contributed by atoms with Gasteiger partial charge in [0.05, 0.1) is 0 Å². The Balaban J connectivity index is 4.42. The van der Waals surface area contributed by atoms with Crippen molar-refractivity contribution >= 4 is 17.9 Å². The Morgan fingerprint density at radius 1 is 0.319 bits per heavy atom. The van der Waals surface area contributed by atoms with Crippen LogP contribution in [0.15, 0.2) is 97.2 Å². The van der Waals surface area contributed by atoms with Crippen molar-refractivity contribution in [1.82, 2.24) is 0 Å². The molecule has 6 nitrogen and oxygen atoms in total. The molecule has 0 heterocycles. The first-order valence-corrected chi connectivity index (χ1v) is 28.8. The molecule has 0 bridgehead atoms. The van der Waals surface area contributed by atoms with Gasteiger partial charge in [-0.2, -0.15) is 0 Å². The molecule has 0 aliphatic carbocycles. The zero-order valence-electron chi connectivity index (χ0n) is 45.0. The molecule has 1 atom stereocenters. The van der Waals surface area contributed by atoms with Crippen LogP contribution in [-0.2, 0) is 28.6 Å². The lowest BCUT2D eigenvalue weighted by molar-refractivity contribution is -0.167. The van der Waals surface area contributed by atoms with Gasteiger partial charge >= 0.3 is 17.9 Å². The molecule has 6 heteroatoms. The Hall–Kier alpha value is -3.67. The molecule has 0 spiro atoms. The van der Waals surface area contributed by atoms with E-state index in [1.807, 2.05) is 18.2 Å². The maximum atomic E-state index is 12.9. The van der Waals surface area contributed by atoms with Crippen LogP contribution >= 0.6 is 0 Å². The second-order valence-electron chi connectivity index (χ2n) is 18.9. The standard InChI is InChI=1S/C63H106O6/c1-4-7-10-13-16-19-22-25-28-30-31-33-35-38-41-44-47-50-53-56-62(65)68-59-60(58-67-61(64)55-52-49-46-43-40-37-34-27-24-21-18-15-12-9-6-3)69-63(66)57-54-51-48-45-42-39-36-32-29-26-23-20-17-14-11-8-5-2/h7,9-10,12,15-16,18-19,21,24-29,34,60H,4-6,8,11,13-14,17,20,22-23,30-33,35-59H2,1-3H3/b10-7-,12-9-,18-15-,19-16-,24-21-,28-25-,29-26-,34-27-. The average Bonchev–Trinajstić information content (AvgIpc) is 3.35. The topological polar surface area (TPSA) is 78.9 Å². The van der Waals surface area contributed by atoms with Gasteiger partial charge in [-0.25, -0.2) is 0 Å². The summed E-state index contributed by atoms with van der Waals surface area (Å²) in [7, 11) is 0. The van der Waals surface area contributed by atoms with Crippen LogP contribution < -0.4 is 0 Å². The van der Waals surface area contributed by atoms with Crippen molar-refractivity contribution in [3.05, 3.63) is 97.2 Å². The first-order valence-electron chi connectivity index (χ1n) is 28.8. The molecule has 0 aromatic rings. The normalized spacial score (nSPS) is 12.8. The largest absolute Gasteiger partial charge is 0.462 e. The van der Waals surface area contributed by atoms with Crippen LogP contribution in [0.4, 0.5) is 0 Å². The molecule has 0 aromatic carbocycles. The maximum absolute atomic E-state index is 12.9. The SMILES string of the molecule is CC\C=C/C=C\C=C/C=C\CCCCCCCC(=O)OCC(COC(=O)CCCCCCCCCCC/C=C\C/C=C\C/C=C\CC)OC(=O)CCCCCCCCC/C=C\CCCCCCCC. The van der Waals surface area contributed by atoms with Crippen molar-refractivity contribution < 1.29 is 28.6 Å². The van der Waals surface area contributed by atoms with E-state index >= 15 is 0 Å². The van der Waals surface area contributed by atoms with Crippen molar-refractivity contribution in [3.63, 3.8) is 0 Å². The van der Waals surface area contributed by atoms with Crippen LogP contribution in [0.5, 0.6) is 0 Å². The van der Waals surface area contributed by atoms with Crippen molar-refractivity contribution in [2.45, 2.75) is 271 Å². The molecular formula is C63H106O6. The molecular weight excluding hydrogens is 853 g/mol. The highest BCUT2D eigenvalue weighted by Crippen LogP contribution is 2.15. The summed E-state index contributed by atoms with van der Waals surface area (Å²) < 4.78 is 16.9. The fourth-order valence-corrected chi connectivity index (χ4v) is 7.87. The molecule has 0 aliphatic heterocycles. The Kier molecular flexibility index (Phi) is 53.9. The van der Waals surface area contributed by atoms with Gasteiger partial charge < -0.3 is 14.2 Å². The van der Waals surface area contributed by atoms with E-state index in [-0.39, 0.29) is 31.1 Å². The number of rotatable bonds is 51. The molecule has 0 aliphatic rings. The molecule has 0 aromatic heterocycles. The zero-order chi connectivity index (χ0) is 50.0. The molecule has 0 amide bonds. The minimum atomic E-state index is -0.793. The molecule has 1 unspecified atom stereocenters. The molecule has 0 radical (unpaired) electrons. The minimum Gasteiger partial charge on any atom is -0.462 e. The summed E-state index contributed by atoms with van der Waals surface area (Å²) in [4.78, 5) is 38.2. The number of ether oxygens (including phenoxy) is 3. The summed E-state index contributed by atoms with van der Waals surface area (Å²) in [5, 5.41) is 0. The summed E-state index contributed by atoms with van der Waals surface area (Å²) >= 11 is 0. The first-order chi connectivity index (χ1) is 34.0. The van der Waals surface area contributed by atoms with E-state index in [2.05, 4.69) is 99.8 Å². The Morgan fingerprint density at radius 3 is 1.07 bits per heavy atom. The number of esters is 3. The van der Waals surface area contributed by atoms with E-state index in [0.29, 0.717) is 19.3 Å². The van der Waals surface area contributed by atoms with Crippen LogP contribution in [0, 0.1) is 0 Å². The van der Waals surface area contributed by atoms with Crippen LogP contribution in [0.3, 0.4) is 0 Å². The average molecular weight is 960 g/mol. The predicted octanol–water partition coefficient (Wildman–Crippen LogP) is 19.3. The number of carbonyl (C=O) groups excluding carboxylic acids is 3. The van der Waals surface area contributed by atoms with Crippen LogP contribution in [0.1, 0.15) is 265 Å². The third-order valence-electron chi connectivity index (χ3n) is 12.1. The van der Waals surface area contributed by atoms with Gasteiger partial charge in [-0.1, -0.05) is 246 Å². The van der Waals surface area contributed by atoms with E-state index in [1.165, 1.54) is 122 Å². The zero-order valence-corrected chi connectivity index (χ0v) is 45.0. The van der Waals surface area contributed by atoms with Crippen LogP contribution in [0.2, 0.25) is 0 Å². The Labute approximate surface area is 426 Å². The van der Waals surface area contributed by atoms with E-state index in [0.717, 1.165) is 103 Å². The van der Waals surface area contributed by atoms with Gasteiger partial charge in [0, 0.05) is 19.3 Å². The molecule has 69 heavy (non-hydrogen) atoms. The van der Waals surface area contributed by atoms with Gasteiger partial charge in [0.1, 0.15) is 13.2 Å². The van der Waals surface area contributed by atoms with E-state index in [9.17, 15) is 14.4 Å². The number of hydrogen-bond donors (Lipinski definition) is 0. The summed E-state index contributed by atoms with van der Waals surface area (Å²) in [6.45, 7) is 6.37. The summed E-state index contributed by atoms with van der Waals surface area (Å²) in [5.74, 6) is -0.919. The number of carbonyl (C=O) groups is 3. The van der Waals surface area contributed by atoms with E-state index in [4.69, 9.17) is 14.2 Å². The summed E-state index contributed by atoms with van der Waals surface area (Å²) in [6.07, 6.45) is 75.3. The van der Waals surface area contributed by atoms with Gasteiger partial charge in [0.2, 0.25) is 0 Å². The van der Waals surface area contributed by atoms with Crippen LogP contribution in [0.25, 0.3) is 0 Å². The molecule has 0 fully saturated rings. The van der Waals surface area contributed by atoms with Gasteiger partial charge in [-0.3, -0.25) is 14.4 Å². The lowest BCUT2D eigenvalue weighted by Crippen LogP contribution is -2.30. The van der Waals surface area contributed by atoms with Gasteiger partial charge in [0.15, 0.2) is 6.10 Å². The highest BCUT2D eigenvalue weighted by molar-refractivity contribution is 5.71. The quantitative estimate of drug-likeness (QED) is 0.0199. The number of allylic oxidation sites excluding steroid dienone is 16. The molecule has 0 rings (SSSR count). The fraction of sp³-hybridized carbons (Fsp3) is 0.698. The predicted molar refractivity (Wildman–Crippen MR) is 297 cm³/mol. The highest BCUT2D eigenvalue weighted by Gasteiger charge is 2.19. The van der Waals surface area contributed by atoms with Gasteiger partial charge in [-0.05, 0) is 96.3 Å². The van der Waals surface area contributed by atoms with Crippen molar-refractivity contribution in [3.8, 4) is 0 Å². The third-order valence-corrected chi connectivity index (χ3v) is 12.1. The summed E-state index contributed by atoms with van der Waals surface area (Å²) in [6, 6.07) is 0. The van der Waals surface area contributed by atoms with Crippen molar-refractivity contribution in [2.24, 2.45) is 0 Å². The smallest absolute Gasteiger partial charge is 0.306 e. The fourth-order valence-electron chi connectivity index (χ4n) is 7.87. The maximum Gasteiger partial charge on any atom is 0.306 e. The molecule has 0 saturated heterocycles. The monoisotopic (exact) mass is 959 g/mol. The third kappa shape index (κ3) is 55.1. The van der Waals surface area contributed by atoms with Crippen molar-refractivity contribution in [1.29, 1.82) is 0 Å². The second kappa shape index (κ2) is 56.9. The summed E-state index contributed by atoms with van der Waals surface area (Å²) in [5.41, 5.74) is 0. The minimum absolute atomic E-state index is 0.0902. The molecule has 394 valence electrons. The number of unbranched alkanes of at least 4 members (excludes halogenated alkanes) is 27.